The smallest absolute Gasteiger partial charge is 0.490 e. The number of ether oxygens (including phenoxy) is 1. The molecule has 2 heterocycles. The number of hydrogen-bond donors (Lipinski definition) is 0. The minimum Gasteiger partial charge on any atom is -0.497 e. The molecule has 150 valence electrons. The highest BCUT2D eigenvalue weighted by atomic mass is 35.5. The molecule has 1 aromatic carbocycles. The van der Waals surface area contributed by atoms with Gasteiger partial charge < -0.3 is 19.8 Å². The van der Waals surface area contributed by atoms with Crippen LogP contribution in [0.25, 0.3) is 0 Å². The molecular formula is C16H24Cl2N6O3. The molecule has 0 aliphatic carbocycles. The van der Waals surface area contributed by atoms with Crippen LogP contribution in [0.15, 0.2) is 30.6 Å². The molecule has 0 amide bonds. The number of halogens is 2. The van der Waals surface area contributed by atoms with Crippen molar-refractivity contribution in [2.75, 3.05) is 44.7 Å². The third kappa shape index (κ3) is 6.23. The van der Waals surface area contributed by atoms with Crippen LogP contribution < -0.4 is 9.64 Å². The number of nitrogens with zero attached hydrogens (tertiary/aromatic N) is 6. The van der Waals surface area contributed by atoms with Gasteiger partial charge in [0.2, 0.25) is 6.33 Å². The molecule has 1 aliphatic rings. The Morgan fingerprint density at radius 1 is 1.11 bits per heavy atom. The lowest BCUT2D eigenvalue weighted by Crippen LogP contribution is -2.46. The lowest BCUT2D eigenvalue weighted by atomic mass is 10.2. The maximum atomic E-state index is 10.6. The van der Waals surface area contributed by atoms with Crippen molar-refractivity contribution in [3.8, 4) is 5.75 Å². The highest BCUT2D eigenvalue weighted by Crippen LogP contribution is 2.20. The molecule has 0 N–H and O–H groups in total. The number of benzene rings is 1. The zero-order valence-corrected chi connectivity index (χ0v) is 16.7. The fourth-order valence-electron chi connectivity index (χ4n) is 2.96. The average Bonchev–Trinajstić information content (AvgIpc) is 3.12. The standard InChI is InChI=1S/C16H22N6O3.2ClH/c1-25-15-5-3-14(4-6-15)20-11-9-19(10-12-20)7-2-8-21-13-17-16(18-21)22(23)24;;/h3-6,13H,2,7-12H2,1H3;2*1H. The molecular weight excluding hydrogens is 395 g/mol. The van der Waals surface area contributed by atoms with Gasteiger partial charge in [-0.15, -0.1) is 24.8 Å². The van der Waals surface area contributed by atoms with Crippen LogP contribution in [0.1, 0.15) is 6.42 Å². The maximum Gasteiger partial charge on any atom is 0.490 e. The van der Waals surface area contributed by atoms with E-state index in [2.05, 4.69) is 32.0 Å². The maximum absolute atomic E-state index is 10.6. The van der Waals surface area contributed by atoms with Gasteiger partial charge in [0, 0.05) is 43.5 Å². The van der Waals surface area contributed by atoms with Gasteiger partial charge in [0.25, 0.3) is 0 Å². The summed E-state index contributed by atoms with van der Waals surface area (Å²) in [5.74, 6) is 0.531. The van der Waals surface area contributed by atoms with Gasteiger partial charge in [-0.2, -0.15) is 4.68 Å². The molecule has 2 aromatic rings. The first-order chi connectivity index (χ1) is 12.2. The van der Waals surface area contributed by atoms with Gasteiger partial charge in [-0.3, -0.25) is 4.90 Å². The second-order valence-corrected chi connectivity index (χ2v) is 5.95. The molecule has 0 bridgehead atoms. The molecule has 0 spiro atoms. The molecule has 0 unspecified atom stereocenters. The zero-order chi connectivity index (χ0) is 17.6. The molecule has 0 atom stereocenters. The van der Waals surface area contributed by atoms with Gasteiger partial charge in [0.15, 0.2) is 0 Å². The molecule has 1 aliphatic heterocycles. The normalized spacial score (nSPS) is 14.2. The first-order valence-electron chi connectivity index (χ1n) is 8.31. The van der Waals surface area contributed by atoms with Crippen molar-refractivity contribution in [1.82, 2.24) is 19.7 Å². The SMILES string of the molecule is COc1ccc(N2CCN(CCCn3cnc([N+](=O)[O-])n3)CC2)cc1.Cl.Cl. The predicted octanol–water partition coefficient (Wildman–Crippen LogP) is 2.25. The number of hydrogen-bond acceptors (Lipinski definition) is 7. The molecule has 0 radical (unpaired) electrons. The summed E-state index contributed by atoms with van der Waals surface area (Å²) in [6, 6.07) is 8.15. The Kier molecular flexibility index (Phi) is 9.27. The van der Waals surface area contributed by atoms with E-state index in [1.807, 2.05) is 12.1 Å². The second-order valence-electron chi connectivity index (χ2n) is 5.95. The van der Waals surface area contributed by atoms with Crippen LogP contribution in [-0.4, -0.2) is 64.4 Å². The van der Waals surface area contributed by atoms with Gasteiger partial charge in [-0.05, 0) is 35.6 Å². The van der Waals surface area contributed by atoms with Crippen LogP contribution in [0, 0.1) is 10.1 Å². The second kappa shape index (κ2) is 10.9. The van der Waals surface area contributed by atoms with E-state index in [1.54, 1.807) is 7.11 Å². The predicted molar refractivity (Wildman–Crippen MR) is 107 cm³/mol. The number of nitro groups is 1. The van der Waals surface area contributed by atoms with E-state index < -0.39 is 4.92 Å². The summed E-state index contributed by atoms with van der Waals surface area (Å²) in [6.45, 7) is 5.57. The topological polar surface area (TPSA) is 89.6 Å². The number of anilines is 1. The lowest BCUT2D eigenvalue weighted by molar-refractivity contribution is -0.394. The van der Waals surface area contributed by atoms with E-state index in [0.29, 0.717) is 6.54 Å². The van der Waals surface area contributed by atoms with Crippen molar-refractivity contribution in [2.45, 2.75) is 13.0 Å². The average molecular weight is 419 g/mol. The minimum atomic E-state index is -0.575. The van der Waals surface area contributed by atoms with E-state index in [0.717, 1.165) is 44.9 Å². The van der Waals surface area contributed by atoms with Crippen molar-refractivity contribution in [3.05, 3.63) is 40.7 Å². The third-order valence-corrected chi connectivity index (χ3v) is 4.36. The fourth-order valence-corrected chi connectivity index (χ4v) is 2.96. The summed E-state index contributed by atoms with van der Waals surface area (Å²) >= 11 is 0. The molecule has 1 fully saturated rings. The van der Waals surface area contributed by atoms with Crippen LogP contribution >= 0.6 is 24.8 Å². The zero-order valence-electron chi connectivity index (χ0n) is 15.1. The summed E-state index contributed by atoms with van der Waals surface area (Å²) in [6.07, 6.45) is 2.31. The summed E-state index contributed by atoms with van der Waals surface area (Å²) in [5, 5.41) is 14.4. The van der Waals surface area contributed by atoms with E-state index >= 15 is 0 Å². The monoisotopic (exact) mass is 418 g/mol. The summed E-state index contributed by atoms with van der Waals surface area (Å²) in [7, 11) is 1.67. The Morgan fingerprint density at radius 2 is 1.78 bits per heavy atom. The van der Waals surface area contributed by atoms with Crippen molar-refractivity contribution in [3.63, 3.8) is 0 Å². The van der Waals surface area contributed by atoms with Crippen LogP contribution in [0.2, 0.25) is 0 Å². The first kappa shape index (κ1) is 22.9. The van der Waals surface area contributed by atoms with Gasteiger partial charge in [0.1, 0.15) is 5.75 Å². The number of piperazine rings is 1. The third-order valence-electron chi connectivity index (χ3n) is 4.36. The van der Waals surface area contributed by atoms with Crippen LogP contribution in [0.3, 0.4) is 0 Å². The number of aryl methyl sites for hydroxylation is 1. The lowest BCUT2D eigenvalue weighted by Gasteiger charge is -2.36. The van der Waals surface area contributed by atoms with Gasteiger partial charge in [-0.1, -0.05) is 4.98 Å². The van der Waals surface area contributed by atoms with Gasteiger partial charge >= 0.3 is 5.95 Å². The molecule has 27 heavy (non-hydrogen) atoms. The Balaban J connectivity index is 0.00000182. The Labute approximate surface area is 170 Å². The van der Waals surface area contributed by atoms with Crippen molar-refractivity contribution >= 4 is 36.4 Å². The number of aromatic nitrogens is 3. The molecule has 0 saturated carbocycles. The molecule has 1 aromatic heterocycles. The molecule has 1 saturated heterocycles. The van der Waals surface area contributed by atoms with Crippen LogP contribution in [-0.2, 0) is 6.54 Å². The number of methoxy groups -OCH3 is 1. The highest BCUT2D eigenvalue weighted by Gasteiger charge is 2.17. The summed E-state index contributed by atoms with van der Waals surface area (Å²) in [4.78, 5) is 18.4. The largest absolute Gasteiger partial charge is 0.497 e. The van der Waals surface area contributed by atoms with E-state index in [9.17, 15) is 10.1 Å². The minimum absolute atomic E-state index is 0. The van der Waals surface area contributed by atoms with Gasteiger partial charge in [0.05, 0.1) is 13.7 Å². The molecule has 3 rings (SSSR count). The van der Waals surface area contributed by atoms with Crippen LogP contribution in [0.4, 0.5) is 11.6 Å². The summed E-state index contributed by atoms with van der Waals surface area (Å²) in [5.41, 5.74) is 1.22. The first-order valence-corrected chi connectivity index (χ1v) is 8.31. The number of rotatable bonds is 7. The fraction of sp³-hybridized carbons (Fsp3) is 0.500. The van der Waals surface area contributed by atoms with Gasteiger partial charge in [-0.25, -0.2) is 0 Å². The van der Waals surface area contributed by atoms with E-state index in [1.165, 1.54) is 16.7 Å². The highest BCUT2D eigenvalue weighted by molar-refractivity contribution is 5.85. The molecule has 11 heteroatoms. The van der Waals surface area contributed by atoms with Crippen molar-refractivity contribution < 1.29 is 9.66 Å². The summed E-state index contributed by atoms with van der Waals surface area (Å²) < 4.78 is 6.73. The van der Waals surface area contributed by atoms with Crippen molar-refractivity contribution in [2.24, 2.45) is 0 Å². The Bertz CT molecular complexity index is 704. The van der Waals surface area contributed by atoms with E-state index in [-0.39, 0.29) is 30.8 Å². The quantitative estimate of drug-likeness (QED) is 0.502. The van der Waals surface area contributed by atoms with Crippen molar-refractivity contribution in [1.29, 1.82) is 0 Å². The van der Waals surface area contributed by atoms with E-state index in [4.69, 9.17) is 4.74 Å². The Morgan fingerprint density at radius 3 is 2.33 bits per heavy atom. The Hall–Kier alpha value is -2.10. The molecule has 9 nitrogen and oxygen atoms in total. The van der Waals surface area contributed by atoms with Crippen LogP contribution in [0.5, 0.6) is 5.75 Å².